The van der Waals surface area contributed by atoms with Crippen LogP contribution in [0.4, 0.5) is 0 Å². The summed E-state index contributed by atoms with van der Waals surface area (Å²) in [5.41, 5.74) is 0. The van der Waals surface area contributed by atoms with E-state index in [0.29, 0.717) is 12.2 Å². The van der Waals surface area contributed by atoms with Gasteiger partial charge in [-0.2, -0.15) is 0 Å². The molecule has 1 N–H and O–H groups in total. The quantitative estimate of drug-likeness (QED) is 0.662. The summed E-state index contributed by atoms with van der Waals surface area (Å²) in [6.45, 7) is 6.93. The van der Waals surface area contributed by atoms with Gasteiger partial charge in [0.1, 0.15) is 0 Å². The summed E-state index contributed by atoms with van der Waals surface area (Å²) < 4.78 is 6.02. The highest BCUT2D eigenvalue weighted by Crippen LogP contribution is 2.29. The third kappa shape index (κ3) is 3.30. The van der Waals surface area contributed by atoms with Gasteiger partial charge in [-0.05, 0) is 32.7 Å². The summed E-state index contributed by atoms with van der Waals surface area (Å²) in [6.07, 6.45) is 8.03. The minimum Gasteiger partial charge on any atom is -0.372 e. The Kier molecular flexibility index (Phi) is 4.38. The van der Waals surface area contributed by atoms with E-state index in [1.54, 1.807) is 0 Å². The second-order valence-electron chi connectivity index (χ2n) is 4.99. The lowest BCUT2D eigenvalue weighted by Crippen LogP contribution is -2.35. The molecule has 0 bridgehead atoms. The van der Waals surface area contributed by atoms with Crippen LogP contribution in [0, 0.1) is 0 Å². The summed E-state index contributed by atoms with van der Waals surface area (Å²) in [5, 5.41) is 3.19. The molecule has 2 rings (SSSR count). The third-order valence-electron chi connectivity index (χ3n) is 3.49. The topological polar surface area (TPSA) is 24.5 Å². The average molecular weight is 224 g/mol. The number of rotatable bonds is 7. The minimum absolute atomic E-state index is 0.430. The van der Waals surface area contributed by atoms with E-state index in [1.165, 1.54) is 25.7 Å². The highest BCUT2D eigenvalue weighted by atomic mass is 16.5. The van der Waals surface area contributed by atoms with Crippen molar-refractivity contribution in [2.24, 2.45) is 0 Å². The van der Waals surface area contributed by atoms with Gasteiger partial charge in [0.2, 0.25) is 0 Å². The summed E-state index contributed by atoms with van der Waals surface area (Å²) in [4.78, 5) is 2.53. The van der Waals surface area contributed by atoms with Crippen molar-refractivity contribution >= 4 is 0 Å². The van der Waals surface area contributed by atoms with E-state index in [0.717, 1.165) is 25.7 Å². The van der Waals surface area contributed by atoms with Crippen LogP contribution in [0.3, 0.4) is 0 Å². The number of likely N-dealkylation sites (N-methyl/N-ethyl adjacent to an activating group) is 1. The summed E-state index contributed by atoms with van der Waals surface area (Å²) in [5.74, 6) is 0. The molecule has 2 unspecified atom stereocenters. The van der Waals surface area contributed by atoms with E-state index >= 15 is 0 Å². The minimum atomic E-state index is 0.430. The van der Waals surface area contributed by atoms with Gasteiger partial charge in [0.25, 0.3) is 0 Å². The molecule has 0 spiro atoms. The van der Waals surface area contributed by atoms with Crippen molar-refractivity contribution in [1.29, 1.82) is 0 Å². The molecule has 0 amide bonds. The van der Waals surface area contributed by atoms with Crippen molar-refractivity contribution in [3.63, 3.8) is 0 Å². The highest BCUT2D eigenvalue weighted by Gasteiger charge is 2.32. The van der Waals surface area contributed by atoms with Gasteiger partial charge in [-0.25, -0.2) is 0 Å². The first-order chi connectivity index (χ1) is 7.83. The van der Waals surface area contributed by atoms with Gasteiger partial charge in [-0.3, -0.25) is 4.90 Å². The van der Waals surface area contributed by atoms with Crippen LogP contribution >= 0.6 is 0 Å². The maximum Gasteiger partial charge on any atom is 0.0707 e. The molecule has 1 heterocycles. The molecule has 0 aromatic rings. The van der Waals surface area contributed by atoms with Crippen LogP contribution in [0.15, 0.2) is 12.7 Å². The number of nitrogens with one attached hydrogen (secondary N) is 1. The fraction of sp³-hybridized carbons (Fsp3) is 0.846. The van der Waals surface area contributed by atoms with E-state index < -0.39 is 0 Å². The molecule has 2 fully saturated rings. The first kappa shape index (κ1) is 12.1. The lowest BCUT2D eigenvalue weighted by Gasteiger charge is -2.24. The normalized spacial score (nSPS) is 29.9. The van der Waals surface area contributed by atoms with Gasteiger partial charge >= 0.3 is 0 Å². The summed E-state index contributed by atoms with van der Waals surface area (Å²) in [6, 6.07) is 0.810. The Morgan fingerprint density at radius 2 is 2.06 bits per heavy atom. The molecule has 1 aliphatic heterocycles. The Labute approximate surface area is 98.8 Å². The number of ether oxygens (including phenoxy) is 1. The van der Waals surface area contributed by atoms with Crippen molar-refractivity contribution in [1.82, 2.24) is 10.2 Å². The molecule has 0 radical (unpaired) electrons. The molecule has 1 aliphatic carbocycles. The molecule has 3 nitrogen and oxygen atoms in total. The number of hydrogen-bond donors (Lipinski definition) is 1. The zero-order valence-electron chi connectivity index (χ0n) is 10.3. The molecule has 0 aromatic heterocycles. The molecule has 92 valence electrons. The maximum atomic E-state index is 6.02. The SMILES string of the molecule is C=CCN(CC1CCC(CNC)O1)C1CC1. The average Bonchev–Trinajstić information content (AvgIpc) is 3.02. The molecule has 0 aromatic carbocycles. The van der Waals surface area contributed by atoms with Gasteiger partial charge in [-0.15, -0.1) is 6.58 Å². The second kappa shape index (κ2) is 5.80. The zero-order valence-corrected chi connectivity index (χ0v) is 10.3. The van der Waals surface area contributed by atoms with Gasteiger partial charge in [0, 0.05) is 25.7 Å². The fourth-order valence-corrected chi connectivity index (χ4v) is 2.53. The van der Waals surface area contributed by atoms with E-state index in [2.05, 4.69) is 16.8 Å². The molecular formula is C13H24N2O. The molecule has 2 atom stereocenters. The van der Waals surface area contributed by atoms with Crippen LogP contribution in [0.2, 0.25) is 0 Å². The monoisotopic (exact) mass is 224 g/mol. The van der Waals surface area contributed by atoms with E-state index in [9.17, 15) is 0 Å². The van der Waals surface area contributed by atoms with Crippen LogP contribution in [-0.2, 0) is 4.74 Å². The molecular weight excluding hydrogens is 200 g/mol. The van der Waals surface area contributed by atoms with Crippen LogP contribution in [0.1, 0.15) is 25.7 Å². The Morgan fingerprint density at radius 1 is 1.31 bits per heavy atom. The first-order valence-corrected chi connectivity index (χ1v) is 6.48. The summed E-state index contributed by atoms with van der Waals surface area (Å²) >= 11 is 0. The predicted molar refractivity (Wildman–Crippen MR) is 66.6 cm³/mol. The van der Waals surface area contributed by atoms with E-state index in [1.807, 2.05) is 13.1 Å². The predicted octanol–water partition coefficient (Wildman–Crippen LogP) is 1.40. The maximum absolute atomic E-state index is 6.02. The van der Waals surface area contributed by atoms with Gasteiger partial charge in [-0.1, -0.05) is 6.08 Å². The van der Waals surface area contributed by atoms with Crippen molar-refractivity contribution in [3.8, 4) is 0 Å². The Balaban J connectivity index is 1.73. The lowest BCUT2D eigenvalue weighted by atomic mass is 10.2. The molecule has 16 heavy (non-hydrogen) atoms. The Morgan fingerprint density at radius 3 is 2.69 bits per heavy atom. The van der Waals surface area contributed by atoms with Crippen molar-refractivity contribution in [3.05, 3.63) is 12.7 Å². The van der Waals surface area contributed by atoms with Crippen molar-refractivity contribution < 1.29 is 4.74 Å². The molecule has 2 aliphatic rings. The van der Waals surface area contributed by atoms with Crippen molar-refractivity contribution in [2.75, 3.05) is 26.7 Å². The van der Waals surface area contributed by atoms with Crippen LogP contribution < -0.4 is 5.32 Å². The van der Waals surface area contributed by atoms with Gasteiger partial charge in [0.05, 0.1) is 12.2 Å². The van der Waals surface area contributed by atoms with Crippen LogP contribution in [0.5, 0.6) is 0 Å². The van der Waals surface area contributed by atoms with E-state index in [-0.39, 0.29) is 0 Å². The Bertz CT molecular complexity index is 228. The summed E-state index contributed by atoms with van der Waals surface area (Å²) in [7, 11) is 1.99. The van der Waals surface area contributed by atoms with Crippen LogP contribution in [-0.4, -0.2) is 49.8 Å². The second-order valence-corrected chi connectivity index (χ2v) is 4.99. The Hall–Kier alpha value is -0.380. The standard InChI is InChI=1S/C13H24N2O/c1-3-8-15(11-4-5-11)10-13-7-6-12(16-13)9-14-2/h3,11-14H,1,4-10H2,2H3. The largest absolute Gasteiger partial charge is 0.372 e. The molecule has 1 saturated carbocycles. The highest BCUT2D eigenvalue weighted by molar-refractivity contribution is 4.90. The van der Waals surface area contributed by atoms with Gasteiger partial charge in [0.15, 0.2) is 0 Å². The lowest BCUT2D eigenvalue weighted by molar-refractivity contribution is 0.0247. The number of nitrogens with zero attached hydrogens (tertiary/aromatic N) is 1. The van der Waals surface area contributed by atoms with Crippen LogP contribution in [0.25, 0.3) is 0 Å². The molecule has 3 heteroatoms. The van der Waals surface area contributed by atoms with E-state index in [4.69, 9.17) is 4.74 Å². The van der Waals surface area contributed by atoms with Gasteiger partial charge < -0.3 is 10.1 Å². The molecule has 1 saturated heterocycles. The smallest absolute Gasteiger partial charge is 0.0707 e. The zero-order chi connectivity index (χ0) is 11.4. The fourth-order valence-electron chi connectivity index (χ4n) is 2.53. The number of hydrogen-bond acceptors (Lipinski definition) is 3. The first-order valence-electron chi connectivity index (χ1n) is 6.48. The third-order valence-corrected chi connectivity index (χ3v) is 3.49. The van der Waals surface area contributed by atoms with Crippen molar-refractivity contribution in [2.45, 2.75) is 43.9 Å².